The third kappa shape index (κ3) is 4.07. The largest absolute Gasteiger partial charge is 0.493 e. The van der Waals surface area contributed by atoms with Gasteiger partial charge in [-0.2, -0.15) is 0 Å². The molecule has 1 amide bonds. The molecule has 2 N–H and O–H groups in total. The van der Waals surface area contributed by atoms with E-state index in [0.29, 0.717) is 29.5 Å². The van der Waals surface area contributed by atoms with Gasteiger partial charge in [-0.25, -0.2) is 4.98 Å². The van der Waals surface area contributed by atoms with Crippen LogP contribution in [0.25, 0.3) is 0 Å². The second kappa shape index (κ2) is 8.05. The summed E-state index contributed by atoms with van der Waals surface area (Å²) in [6, 6.07) is 7.15. The van der Waals surface area contributed by atoms with E-state index in [0.717, 1.165) is 11.4 Å². The summed E-state index contributed by atoms with van der Waals surface area (Å²) in [4.78, 5) is 15.6. The Morgan fingerprint density at radius 1 is 1.04 bits per heavy atom. The molecule has 0 atom stereocenters. The molecular weight excluding hydrogens is 310 g/mol. The van der Waals surface area contributed by atoms with Crippen LogP contribution in [0.15, 0.2) is 30.5 Å². The van der Waals surface area contributed by atoms with Crippen molar-refractivity contribution in [1.82, 2.24) is 4.98 Å². The number of nitrogens with zero attached hydrogens (tertiary/aromatic N) is 1. The Morgan fingerprint density at radius 2 is 1.71 bits per heavy atom. The lowest BCUT2D eigenvalue weighted by atomic mass is 10.2. The second-order valence-electron chi connectivity index (χ2n) is 4.87. The molecule has 2 rings (SSSR count). The number of methoxy groups -OCH3 is 3. The molecular formula is C17H21N3O4. The smallest absolute Gasteiger partial charge is 0.225 e. The molecule has 0 unspecified atom stereocenters. The van der Waals surface area contributed by atoms with Gasteiger partial charge in [0.2, 0.25) is 11.7 Å². The highest BCUT2D eigenvalue weighted by Gasteiger charge is 2.13. The molecule has 0 bridgehead atoms. The number of carbonyl (C=O) groups excluding carboxylic acids is 1. The van der Waals surface area contributed by atoms with E-state index in [9.17, 15) is 4.79 Å². The van der Waals surface area contributed by atoms with Crippen molar-refractivity contribution in [3.63, 3.8) is 0 Å². The predicted octanol–water partition coefficient (Wildman–Crippen LogP) is 3.20. The lowest BCUT2D eigenvalue weighted by Crippen LogP contribution is -2.10. The molecule has 0 saturated heterocycles. The molecule has 0 saturated carbocycles. The van der Waals surface area contributed by atoms with E-state index in [1.54, 1.807) is 52.6 Å². The summed E-state index contributed by atoms with van der Waals surface area (Å²) in [6.45, 7) is 1.79. The Bertz CT molecular complexity index is 676. The minimum Gasteiger partial charge on any atom is -0.493 e. The quantitative estimate of drug-likeness (QED) is 0.811. The topological polar surface area (TPSA) is 81.7 Å². The number of benzene rings is 1. The molecule has 1 heterocycles. The Labute approximate surface area is 140 Å². The van der Waals surface area contributed by atoms with Gasteiger partial charge >= 0.3 is 0 Å². The van der Waals surface area contributed by atoms with E-state index < -0.39 is 0 Å². The first-order chi connectivity index (χ1) is 11.6. The van der Waals surface area contributed by atoms with Crippen molar-refractivity contribution in [3.05, 3.63) is 30.5 Å². The van der Waals surface area contributed by atoms with E-state index in [2.05, 4.69) is 15.6 Å². The monoisotopic (exact) mass is 331 g/mol. The Balaban J connectivity index is 2.20. The molecule has 0 fully saturated rings. The number of rotatable bonds is 7. The molecule has 0 aliphatic carbocycles. The number of pyridine rings is 1. The number of ether oxygens (including phenoxy) is 3. The maximum atomic E-state index is 11.4. The van der Waals surface area contributed by atoms with Gasteiger partial charge in [-0.15, -0.1) is 0 Å². The van der Waals surface area contributed by atoms with Gasteiger partial charge in [-0.05, 0) is 12.1 Å². The van der Waals surface area contributed by atoms with Crippen LogP contribution in [0.4, 0.5) is 17.2 Å². The number of hydrogen-bond acceptors (Lipinski definition) is 6. The fourth-order valence-corrected chi connectivity index (χ4v) is 2.09. The van der Waals surface area contributed by atoms with Crippen LogP contribution in [0.1, 0.15) is 13.3 Å². The number of carbonyl (C=O) groups is 1. The number of amides is 1. The normalized spacial score (nSPS) is 10.0. The number of hydrogen-bond donors (Lipinski definition) is 2. The van der Waals surface area contributed by atoms with Crippen LogP contribution in [0, 0.1) is 0 Å². The van der Waals surface area contributed by atoms with Crippen molar-refractivity contribution in [2.45, 2.75) is 13.3 Å². The summed E-state index contributed by atoms with van der Waals surface area (Å²) in [5, 5.41) is 5.91. The Morgan fingerprint density at radius 3 is 2.17 bits per heavy atom. The summed E-state index contributed by atoms with van der Waals surface area (Å²) in [5.74, 6) is 2.07. The van der Waals surface area contributed by atoms with Crippen LogP contribution in [0.2, 0.25) is 0 Å². The van der Waals surface area contributed by atoms with E-state index in [1.807, 2.05) is 6.07 Å². The molecule has 0 aliphatic rings. The van der Waals surface area contributed by atoms with Gasteiger partial charge in [0, 0.05) is 24.2 Å². The maximum Gasteiger partial charge on any atom is 0.225 e. The van der Waals surface area contributed by atoms with Crippen molar-refractivity contribution in [2.75, 3.05) is 32.0 Å². The van der Waals surface area contributed by atoms with Crippen LogP contribution in [-0.4, -0.2) is 32.2 Å². The average Bonchev–Trinajstić information content (AvgIpc) is 2.62. The van der Waals surface area contributed by atoms with E-state index in [4.69, 9.17) is 14.2 Å². The fraction of sp³-hybridized carbons (Fsp3) is 0.294. The summed E-state index contributed by atoms with van der Waals surface area (Å²) in [7, 11) is 4.68. The highest BCUT2D eigenvalue weighted by molar-refractivity contribution is 5.89. The van der Waals surface area contributed by atoms with Gasteiger partial charge in [-0.1, -0.05) is 6.92 Å². The van der Waals surface area contributed by atoms with E-state index in [-0.39, 0.29) is 5.91 Å². The van der Waals surface area contributed by atoms with Crippen LogP contribution >= 0.6 is 0 Å². The molecule has 1 aromatic carbocycles. The minimum absolute atomic E-state index is 0.0761. The lowest BCUT2D eigenvalue weighted by Gasteiger charge is -2.15. The Hall–Kier alpha value is -2.96. The van der Waals surface area contributed by atoms with Gasteiger partial charge in [0.25, 0.3) is 0 Å². The summed E-state index contributed by atoms with van der Waals surface area (Å²) < 4.78 is 15.9. The molecule has 0 aliphatic heterocycles. The van der Waals surface area contributed by atoms with Crippen LogP contribution in [0.3, 0.4) is 0 Å². The number of anilines is 3. The summed E-state index contributed by atoms with van der Waals surface area (Å²) in [5.41, 5.74) is 1.52. The third-order valence-corrected chi connectivity index (χ3v) is 3.31. The van der Waals surface area contributed by atoms with E-state index in [1.165, 1.54) is 0 Å². The lowest BCUT2D eigenvalue weighted by molar-refractivity contribution is -0.115. The van der Waals surface area contributed by atoms with Gasteiger partial charge in [0.1, 0.15) is 5.82 Å². The molecule has 1 aromatic heterocycles. The number of nitrogens with one attached hydrogen (secondary N) is 2. The Kier molecular flexibility index (Phi) is 5.83. The molecule has 2 aromatic rings. The van der Waals surface area contributed by atoms with Gasteiger partial charge in [0.05, 0.1) is 33.2 Å². The van der Waals surface area contributed by atoms with Crippen molar-refractivity contribution in [2.24, 2.45) is 0 Å². The minimum atomic E-state index is -0.0761. The zero-order valence-corrected chi connectivity index (χ0v) is 14.2. The standard InChI is InChI=1S/C17H21N3O4/c1-5-16(21)20-15-7-6-11(10-18-15)19-12-8-13(22-2)17(24-4)14(9-12)23-3/h6-10,19H,5H2,1-4H3,(H,18,20,21). The highest BCUT2D eigenvalue weighted by atomic mass is 16.5. The number of aromatic nitrogens is 1. The molecule has 7 nitrogen and oxygen atoms in total. The first-order valence-electron chi connectivity index (χ1n) is 7.44. The van der Waals surface area contributed by atoms with Crippen molar-refractivity contribution in [1.29, 1.82) is 0 Å². The fourth-order valence-electron chi connectivity index (χ4n) is 2.09. The zero-order valence-electron chi connectivity index (χ0n) is 14.2. The summed E-state index contributed by atoms with van der Waals surface area (Å²) in [6.07, 6.45) is 2.04. The molecule has 0 spiro atoms. The average molecular weight is 331 g/mol. The molecule has 7 heteroatoms. The van der Waals surface area contributed by atoms with Gasteiger partial charge in [0.15, 0.2) is 11.5 Å². The van der Waals surface area contributed by atoms with Crippen molar-refractivity contribution < 1.29 is 19.0 Å². The van der Waals surface area contributed by atoms with Crippen molar-refractivity contribution >= 4 is 23.1 Å². The zero-order chi connectivity index (χ0) is 17.5. The molecule has 0 radical (unpaired) electrons. The van der Waals surface area contributed by atoms with Gasteiger partial charge in [-0.3, -0.25) is 4.79 Å². The third-order valence-electron chi connectivity index (χ3n) is 3.31. The van der Waals surface area contributed by atoms with Crippen LogP contribution in [-0.2, 0) is 4.79 Å². The first-order valence-corrected chi connectivity index (χ1v) is 7.44. The molecule has 24 heavy (non-hydrogen) atoms. The first kappa shape index (κ1) is 17.4. The van der Waals surface area contributed by atoms with E-state index >= 15 is 0 Å². The van der Waals surface area contributed by atoms with Crippen molar-refractivity contribution in [3.8, 4) is 17.2 Å². The van der Waals surface area contributed by atoms with Crippen LogP contribution < -0.4 is 24.8 Å². The SMILES string of the molecule is CCC(=O)Nc1ccc(Nc2cc(OC)c(OC)c(OC)c2)cn1. The van der Waals surface area contributed by atoms with Gasteiger partial charge < -0.3 is 24.8 Å². The van der Waals surface area contributed by atoms with Crippen LogP contribution in [0.5, 0.6) is 17.2 Å². The molecule has 128 valence electrons. The predicted molar refractivity (Wildman–Crippen MR) is 92.5 cm³/mol. The highest BCUT2D eigenvalue weighted by Crippen LogP contribution is 2.40. The second-order valence-corrected chi connectivity index (χ2v) is 4.87. The summed E-state index contributed by atoms with van der Waals surface area (Å²) >= 11 is 0. The maximum absolute atomic E-state index is 11.4.